The summed E-state index contributed by atoms with van der Waals surface area (Å²) in [6.45, 7) is 7.11. The van der Waals surface area contributed by atoms with Crippen LogP contribution in [0, 0.1) is 12.7 Å². The third-order valence-corrected chi connectivity index (χ3v) is 7.95. The van der Waals surface area contributed by atoms with Crippen LogP contribution in [0.15, 0.2) is 102 Å². The third kappa shape index (κ3) is 8.00. The second kappa shape index (κ2) is 13.4. The Kier molecular flexibility index (Phi) is 9.40. The number of halogens is 1. The Labute approximate surface area is 263 Å². The van der Waals surface area contributed by atoms with Crippen molar-refractivity contribution in [1.29, 1.82) is 0 Å². The highest BCUT2D eigenvalue weighted by atomic mass is 32.2. The molecule has 0 aliphatic carbocycles. The molecule has 0 fully saturated rings. The summed E-state index contributed by atoms with van der Waals surface area (Å²) in [5, 5.41) is 5.93. The minimum absolute atomic E-state index is 0.0116. The molecular weight excluding hydrogens is 595 g/mol. The number of rotatable bonds is 9. The summed E-state index contributed by atoms with van der Waals surface area (Å²) in [5.74, 6) is -0.874. The number of nitrogens with zero attached hydrogens (tertiary/aromatic N) is 2. The minimum atomic E-state index is -1.54. The van der Waals surface area contributed by atoms with Gasteiger partial charge in [0.2, 0.25) is 5.91 Å². The number of carbonyl (C=O) groups excluding carboxylic acids is 2. The highest BCUT2D eigenvalue weighted by Gasteiger charge is 2.26. The summed E-state index contributed by atoms with van der Waals surface area (Å²) >= 11 is -1.54. The van der Waals surface area contributed by atoms with Gasteiger partial charge in [-0.3, -0.25) is 4.79 Å². The van der Waals surface area contributed by atoms with E-state index in [1.54, 1.807) is 81.6 Å². The molecule has 45 heavy (non-hydrogen) atoms. The van der Waals surface area contributed by atoms with Crippen LogP contribution < -0.4 is 15.4 Å². The van der Waals surface area contributed by atoms with Crippen LogP contribution in [-0.2, 0) is 27.3 Å². The highest BCUT2D eigenvalue weighted by molar-refractivity contribution is 7.90. The molecule has 2 amide bonds. The summed E-state index contributed by atoms with van der Waals surface area (Å²) in [4.78, 5) is 30.7. The lowest BCUT2D eigenvalue weighted by atomic mass is 10.0. The van der Waals surface area contributed by atoms with Gasteiger partial charge in [-0.1, -0.05) is 42.0 Å². The van der Waals surface area contributed by atoms with E-state index in [4.69, 9.17) is 9.47 Å². The first-order valence-corrected chi connectivity index (χ1v) is 15.3. The zero-order valence-corrected chi connectivity index (χ0v) is 26.1. The maximum Gasteiger partial charge on any atom is 0.408 e. The summed E-state index contributed by atoms with van der Waals surface area (Å²) in [5.41, 5.74) is 1.70. The molecule has 0 saturated carbocycles. The summed E-state index contributed by atoms with van der Waals surface area (Å²) in [7, 11) is 0. The van der Waals surface area contributed by atoms with Crippen molar-refractivity contribution < 1.29 is 28.0 Å². The molecule has 0 spiro atoms. The number of aryl methyl sites for hydroxylation is 1. The molecule has 0 aliphatic heterocycles. The van der Waals surface area contributed by atoms with Gasteiger partial charge >= 0.3 is 6.09 Å². The number of pyridine rings is 1. The van der Waals surface area contributed by atoms with E-state index in [9.17, 15) is 14.1 Å². The van der Waals surface area contributed by atoms with Crippen LogP contribution in [0.4, 0.5) is 14.9 Å². The lowest BCUT2D eigenvalue weighted by Crippen LogP contribution is -2.47. The van der Waals surface area contributed by atoms with Gasteiger partial charge in [-0.15, -0.1) is 3.97 Å². The molecule has 2 heterocycles. The van der Waals surface area contributed by atoms with Crippen molar-refractivity contribution in [2.24, 2.45) is 0 Å². The maximum absolute atomic E-state index is 15.4. The lowest BCUT2D eigenvalue weighted by molar-refractivity contribution is -0.118. The van der Waals surface area contributed by atoms with Crippen molar-refractivity contribution >= 4 is 40.1 Å². The first kappa shape index (κ1) is 31.6. The van der Waals surface area contributed by atoms with Crippen molar-refractivity contribution in [2.75, 3.05) is 5.32 Å². The normalized spacial score (nSPS) is 12.8. The Morgan fingerprint density at radius 1 is 1.00 bits per heavy atom. The van der Waals surface area contributed by atoms with Gasteiger partial charge in [0.05, 0.1) is 11.6 Å². The molecule has 3 aromatic carbocycles. The first-order chi connectivity index (χ1) is 21.5. The van der Waals surface area contributed by atoms with E-state index in [1.165, 1.54) is 22.3 Å². The average molecular weight is 629 g/mol. The van der Waals surface area contributed by atoms with Crippen molar-refractivity contribution in [2.45, 2.75) is 50.7 Å². The smallest absolute Gasteiger partial charge is 0.408 e. The van der Waals surface area contributed by atoms with E-state index in [-0.39, 0.29) is 12.2 Å². The van der Waals surface area contributed by atoms with Gasteiger partial charge in [0, 0.05) is 18.3 Å². The SMILES string of the molecule is Cc1ccc([S+]([O-])n2ccc3c(Oc4ccc(CC(NC(=O)OC(C)(C)C)C(=O)Nc5ccccc5)cc4F)ccnc32)cc1. The van der Waals surface area contributed by atoms with E-state index < -0.39 is 40.8 Å². The van der Waals surface area contributed by atoms with Gasteiger partial charge in [-0.05, 0) is 81.8 Å². The van der Waals surface area contributed by atoms with E-state index in [0.29, 0.717) is 32.9 Å². The van der Waals surface area contributed by atoms with E-state index in [0.717, 1.165) is 5.56 Å². The number of hydrogen-bond acceptors (Lipinski definition) is 6. The fraction of sp³-hybridized carbons (Fsp3) is 0.206. The number of amides is 2. The van der Waals surface area contributed by atoms with Crippen molar-refractivity contribution in [3.8, 4) is 11.5 Å². The number of aromatic nitrogens is 2. The number of alkyl carbamates (subject to hydrolysis) is 1. The Hall–Kier alpha value is -4.87. The van der Waals surface area contributed by atoms with Gasteiger partial charge < -0.3 is 24.7 Å². The molecule has 5 rings (SSSR count). The van der Waals surface area contributed by atoms with Gasteiger partial charge in [-0.2, -0.15) is 0 Å². The highest BCUT2D eigenvalue weighted by Crippen LogP contribution is 2.33. The number of ether oxygens (including phenoxy) is 2. The van der Waals surface area contributed by atoms with Gasteiger partial charge in [0.15, 0.2) is 22.1 Å². The Morgan fingerprint density at radius 3 is 2.42 bits per heavy atom. The van der Waals surface area contributed by atoms with Crippen molar-refractivity contribution in [3.05, 3.63) is 114 Å². The molecule has 9 nitrogen and oxygen atoms in total. The molecule has 232 valence electrons. The van der Waals surface area contributed by atoms with E-state index in [2.05, 4.69) is 15.6 Å². The molecule has 0 saturated heterocycles. The monoisotopic (exact) mass is 628 g/mol. The van der Waals surface area contributed by atoms with Gasteiger partial charge in [0.25, 0.3) is 0 Å². The van der Waals surface area contributed by atoms with E-state index in [1.807, 2.05) is 25.1 Å². The first-order valence-electron chi connectivity index (χ1n) is 14.2. The Bertz CT molecular complexity index is 1810. The fourth-order valence-corrected chi connectivity index (χ4v) is 5.57. The van der Waals surface area contributed by atoms with Crippen LogP contribution in [0.5, 0.6) is 11.5 Å². The number of anilines is 1. The second-order valence-electron chi connectivity index (χ2n) is 11.4. The number of nitrogens with one attached hydrogen (secondary N) is 2. The standard InChI is InChI=1S/C34H33FN4O5S/c1-22-10-13-25(14-11-22)45(42)39-19-17-26-29(16-18-36-31(26)39)43-30-15-12-23(20-27(30)35)21-28(38-33(41)44-34(2,3)4)32(40)37-24-8-6-5-7-9-24/h5-20,28H,21H2,1-4H3,(H,37,40)(H,38,41). The summed E-state index contributed by atoms with van der Waals surface area (Å²) in [6, 6.07) is 22.8. The zero-order chi connectivity index (χ0) is 32.1. The van der Waals surface area contributed by atoms with Crippen LogP contribution in [0.1, 0.15) is 31.9 Å². The number of carbonyl (C=O) groups is 2. The molecule has 2 atom stereocenters. The largest absolute Gasteiger partial charge is 0.587 e. The number of hydrogen-bond donors (Lipinski definition) is 2. The summed E-state index contributed by atoms with van der Waals surface area (Å²) < 4.78 is 41.5. The zero-order valence-electron chi connectivity index (χ0n) is 25.2. The quantitative estimate of drug-likeness (QED) is 0.171. The molecule has 2 aromatic heterocycles. The van der Waals surface area contributed by atoms with Crippen LogP contribution >= 0.6 is 0 Å². The molecule has 5 aromatic rings. The maximum atomic E-state index is 15.4. The topological polar surface area (TPSA) is 118 Å². The van der Waals surface area contributed by atoms with Crippen LogP contribution in [0.2, 0.25) is 0 Å². The van der Waals surface area contributed by atoms with Crippen LogP contribution in [-0.4, -0.2) is 37.2 Å². The summed E-state index contributed by atoms with van der Waals surface area (Å²) in [6.07, 6.45) is 2.37. The average Bonchev–Trinajstić information content (AvgIpc) is 3.43. The molecule has 0 bridgehead atoms. The Balaban J connectivity index is 1.34. The van der Waals surface area contributed by atoms with E-state index >= 15 is 4.39 Å². The molecule has 2 unspecified atom stereocenters. The third-order valence-electron chi connectivity index (χ3n) is 6.62. The number of fused-ring (bicyclic) bond motifs is 1. The predicted molar refractivity (Wildman–Crippen MR) is 171 cm³/mol. The Morgan fingerprint density at radius 2 is 1.73 bits per heavy atom. The number of benzene rings is 3. The van der Waals surface area contributed by atoms with Crippen molar-refractivity contribution in [1.82, 2.24) is 14.3 Å². The van der Waals surface area contributed by atoms with Gasteiger partial charge in [0.1, 0.15) is 28.8 Å². The minimum Gasteiger partial charge on any atom is -0.587 e. The second-order valence-corrected chi connectivity index (χ2v) is 12.7. The predicted octanol–water partition coefficient (Wildman–Crippen LogP) is 6.92. The van der Waals surface area contributed by atoms with Crippen LogP contribution in [0.3, 0.4) is 0 Å². The molecule has 0 aliphatic rings. The molecule has 0 radical (unpaired) electrons. The fourth-order valence-electron chi connectivity index (χ4n) is 4.50. The van der Waals surface area contributed by atoms with Crippen molar-refractivity contribution in [3.63, 3.8) is 0 Å². The van der Waals surface area contributed by atoms with Crippen LogP contribution in [0.25, 0.3) is 11.0 Å². The molecular formula is C34H33FN4O5S. The molecule has 2 N–H and O–H groups in total. The lowest BCUT2D eigenvalue weighted by Gasteiger charge is -2.23. The number of para-hydroxylation sites is 1. The molecule has 11 heteroatoms. The van der Waals surface area contributed by atoms with Gasteiger partial charge in [-0.25, -0.2) is 14.2 Å².